The summed E-state index contributed by atoms with van der Waals surface area (Å²) >= 11 is 0. The van der Waals surface area contributed by atoms with Gasteiger partial charge in [-0.25, -0.2) is 9.97 Å². The molecular weight excluding hydrogens is 271 g/mol. The minimum Gasteiger partial charge on any atom is -0.473 e. The molecule has 0 bridgehead atoms. The van der Waals surface area contributed by atoms with Crippen molar-refractivity contribution in [1.82, 2.24) is 9.97 Å². The molecule has 1 atom stereocenters. The van der Waals surface area contributed by atoms with Crippen molar-refractivity contribution < 1.29 is 17.9 Å². The van der Waals surface area contributed by atoms with Crippen molar-refractivity contribution in [3.63, 3.8) is 0 Å². The Hall–Kier alpha value is -2.15. The lowest BCUT2D eigenvalue weighted by molar-refractivity contribution is -0.137. The summed E-state index contributed by atoms with van der Waals surface area (Å²) in [5, 5.41) is 0. The predicted octanol–water partition coefficient (Wildman–Crippen LogP) is 2.85. The van der Waals surface area contributed by atoms with Gasteiger partial charge < -0.3 is 4.74 Å². The molecular formula is C13H12F3N3O. The van der Waals surface area contributed by atoms with E-state index in [1.165, 1.54) is 30.6 Å². The minimum atomic E-state index is -4.46. The maximum Gasteiger partial charge on any atom is 0.417 e. The third kappa shape index (κ3) is 3.24. The van der Waals surface area contributed by atoms with Crippen LogP contribution >= 0.6 is 0 Å². The van der Waals surface area contributed by atoms with E-state index < -0.39 is 18.0 Å². The highest BCUT2D eigenvalue weighted by Crippen LogP contribution is 2.35. The third-order valence-electron chi connectivity index (χ3n) is 2.42. The molecule has 4 nitrogen and oxygen atoms in total. The van der Waals surface area contributed by atoms with Crippen molar-refractivity contribution in [1.29, 1.82) is 0 Å². The zero-order valence-corrected chi connectivity index (χ0v) is 10.6. The van der Waals surface area contributed by atoms with Gasteiger partial charge in [-0.3, -0.25) is 5.73 Å². The Morgan fingerprint density at radius 1 is 1.15 bits per heavy atom. The summed E-state index contributed by atoms with van der Waals surface area (Å²) in [5.74, 6) is 0.281. The van der Waals surface area contributed by atoms with Crippen LogP contribution in [0, 0.1) is 0 Å². The molecule has 1 aromatic carbocycles. The fraction of sp³-hybridized carbons (Fsp3) is 0.231. The summed E-state index contributed by atoms with van der Waals surface area (Å²) in [6.07, 6.45) is -2.43. The summed E-state index contributed by atoms with van der Waals surface area (Å²) in [7, 11) is 0. The topological polar surface area (TPSA) is 61.0 Å². The van der Waals surface area contributed by atoms with Crippen molar-refractivity contribution in [2.75, 3.05) is 0 Å². The van der Waals surface area contributed by atoms with Crippen molar-refractivity contribution in [2.45, 2.75) is 19.3 Å². The molecule has 0 spiro atoms. The van der Waals surface area contributed by atoms with Crippen molar-refractivity contribution in [3.05, 3.63) is 42.2 Å². The van der Waals surface area contributed by atoms with Gasteiger partial charge in [0.2, 0.25) is 0 Å². The number of halogens is 3. The van der Waals surface area contributed by atoms with E-state index in [-0.39, 0.29) is 11.4 Å². The first-order valence-corrected chi connectivity index (χ1v) is 5.79. The van der Waals surface area contributed by atoms with E-state index in [9.17, 15) is 13.2 Å². The average Bonchev–Trinajstić information content (AvgIpc) is 2.38. The number of hydrogen-bond acceptors (Lipinski definition) is 4. The Labute approximate surface area is 113 Å². The molecule has 106 valence electrons. The first-order chi connectivity index (χ1) is 9.38. The first kappa shape index (κ1) is 14.3. The Balaban J connectivity index is 2.37. The fourth-order valence-corrected chi connectivity index (χ4v) is 1.66. The van der Waals surface area contributed by atoms with Gasteiger partial charge in [0.25, 0.3) is 0 Å². The van der Waals surface area contributed by atoms with Gasteiger partial charge in [0.1, 0.15) is 6.23 Å². The number of benzene rings is 1. The van der Waals surface area contributed by atoms with E-state index in [0.29, 0.717) is 5.75 Å². The molecule has 1 heterocycles. The molecule has 0 aliphatic carbocycles. The molecule has 0 saturated heterocycles. The quantitative estimate of drug-likeness (QED) is 0.880. The van der Waals surface area contributed by atoms with Gasteiger partial charge in [-0.15, -0.1) is 0 Å². The number of rotatable bonds is 3. The van der Waals surface area contributed by atoms with Crippen LogP contribution in [-0.2, 0) is 6.18 Å². The molecule has 1 aromatic heterocycles. The molecule has 0 saturated carbocycles. The van der Waals surface area contributed by atoms with Gasteiger partial charge in [-0.2, -0.15) is 13.2 Å². The summed E-state index contributed by atoms with van der Waals surface area (Å²) in [5.41, 5.74) is 4.57. The molecule has 0 fully saturated rings. The number of hydrogen-bond donors (Lipinski definition) is 1. The van der Waals surface area contributed by atoms with E-state index in [2.05, 4.69) is 9.97 Å². The monoisotopic (exact) mass is 283 g/mol. The fourth-order valence-electron chi connectivity index (χ4n) is 1.66. The summed E-state index contributed by atoms with van der Waals surface area (Å²) in [4.78, 5) is 7.77. The largest absolute Gasteiger partial charge is 0.473 e. The third-order valence-corrected chi connectivity index (χ3v) is 2.42. The van der Waals surface area contributed by atoms with Gasteiger partial charge in [0.15, 0.2) is 11.6 Å². The predicted molar refractivity (Wildman–Crippen MR) is 66.7 cm³/mol. The molecule has 0 aliphatic heterocycles. The van der Waals surface area contributed by atoms with E-state index in [1.54, 1.807) is 6.92 Å². The Kier molecular flexibility index (Phi) is 3.89. The lowest BCUT2D eigenvalue weighted by atomic mass is 10.1. The Morgan fingerprint density at radius 2 is 1.75 bits per heavy atom. The molecule has 2 rings (SSSR count). The average molecular weight is 283 g/mol. The molecule has 0 aliphatic rings. The number of nitrogens with two attached hydrogens (primary N) is 1. The van der Waals surface area contributed by atoms with Gasteiger partial charge in [0.05, 0.1) is 18.0 Å². The second-order valence-electron chi connectivity index (χ2n) is 4.11. The maximum atomic E-state index is 12.9. The zero-order chi connectivity index (χ0) is 14.8. The molecule has 0 amide bonds. The van der Waals surface area contributed by atoms with Crippen LogP contribution < -0.4 is 10.5 Å². The second kappa shape index (κ2) is 5.46. The summed E-state index contributed by atoms with van der Waals surface area (Å²) in [6, 6.07) is 5.13. The molecule has 1 unspecified atom stereocenters. The molecule has 2 N–H and O–H groups in total. The first-order valence-electron chi connectivity index (χ1n) is 5.79. The molecule has 7 heteroatoms. The van der Waals surface area contributed by atoms with Crippen LogP contribution in [0.2, 0.25) is 0 Å². The van der Waals surface area contributed by atoms with Crippen LogP contribution in [0.5, 0.6) is 5.75 Å². The van der Waals surface area contributed by atoms with Gasteiger partial charge in [0, 0.05) is 5.56 Å². The van der Waals surface area contributed by atoms with Crippen LogP contribution in [0.3, 0.4) is 0 Å². The van der Waals surface area contributed by atoms with Crippen molar-refractivity contribution in [3.8, 4) is 17.1 Å². The lowest BCUT2D eigenvalue weighted by Crippen LogP contribution is -2.22. The highest BCUT2D eigenvalue weighted by molar-refractivity contribution is 5.61. The molecule has 20 heavy (non-hydrogen) atoms. The molecule has 2 aromatic rings. The molecule has 0 radical (unpaired) electrons. The van der Waals surface area contributed by atoms with Crippen LogP contribution in [-0.4, -0.2) is 16.2 Å². The van der Waals surface area contributed by atoms with Crippen molar-refractivity contribution >= 4 is 0 Å². The Bertz CT molecular complexity index is 582. The zero-order valence-electron chi connectivity index (χ0n) is 10.6. The normalized spacial score (nSPS) is 13.1. The van der Waals surface area contributed by atoms with E-state index in [1.807, 2.05) is 0 Å². The van der Waals surface area contributed by atoms with E-state index in [4.69, 9.17) is 10.5 Å². The van der Waals surface area contributed by atoms with Crippen LogP contribution in [0.4, 0.5) is 13.2 Å². The standard InChI is InChI=1S/C13H12F3N3O/c1-8(17)20-9-6-18-12(19-7-9)10-4-2-3-5-11(10)13(14,15)16/h2-8H,17H2,1H3. The number of nitrogens with zero attached hydrogens (tertiary/aromatic N) is 2. The smallest absolute Gasteiger partial charge is 0.417 e. The number of ether oxygens (including phenoxy) is 1. The van der Waals surface area contributed by atoms with Crippen LogP contribution in [0.15, 0.2) is 36.7 Å². The number of alkyl halides is 3. The van der Waals surface area contributed by atoms with Crippen LogP contribution in [0.1, 0.15) is 12.5 Å². The van der Waals surface area contributed by atoms with Gasteiger partial charge in [-0.1, -0.05) is 18.2 Å². The Morgan fingerprint density at radius 3 is 2.30 bits per heavy atom. The van der Waals surface area contributed by atoms with E-state index in [0.717, 1.165) is 6.07 Å². The van der Waals surface area contributed by atoms with Crippen molar-refractivity contribution in [2.24, 2.45) is 5.73 Å². The van der Waals surface area contributed by atoms with Gasteiger partial charge >= 0.3 is 6.18 Å². The minimum absolute atomic E-state index is 0.0186. The van der Waals surface area contributed by atoms with Crippen LogP contribution in [0.25, 0.3) is 11.4 Å². The summed E-state index contributed by atoms with van der Waals surface area (Å²) < 4.78 is 43.8. The van der Waals surface area contributed by atoms with Gasteiger partial charge in [-0.05, 0) is 13.0 Å². The second-order valence-corrected chi connectivity index (χ2v) is 4.11. The maximum absolute atomic E-state index is 12.9. The SMILES string of the molecule is CC(N)Oc1cnc(-c2ccccc2C(F)(F)F)nc1. The summed E-state index contributed by atoms with van der Waals surface area (Å²) in [6.45, 7) is 1.62. The number of aromatic nitrogens is 2. The lowest BCUT2D eigenvalue weighted by Gasteiger charge is -2.12. The van der Waals surface area contributed by atoms with E-state index >= 15 is 0 Å². The highest BCUT2D eigenvalue weighted by atomic mass is 19.4. The highest BCUT2D eigenvalue weighted by Gasteiger charge is 2.33.